The van der Waals surface area contributed by atoms with Crippen LogP contribution in [0.5, 0.6) is 5.75 Å². The smallest absolute Gasteiger partial charge is 0.332 e. The van der Waals surface area contributed by atoms with E-state index in [0.717, 1.165) is 36.7 Å². The topological polar surface area (TPSA) is 99.8 Å². The third-order valence-corrected chi connectivity index (χ3v) is 7.48. The molecule has 2 aromatic carbocycles. The summed E-state index contributed by atoms with van der Waals surface area (Å²) in [5.41, 5.74) is -2.57. The first-order valence-electron chi connectivity index (χ1n) is 12.2. The first kappa shape index (κ1) is 27.1. The molecule has 0 radical (unpaired) electrons. The number of aliphatic carboxylic acids is 1. The molecule has 3 aromatic rings. The lowest BCUT2D eigenvalue weighted by atomic mass is 9.97. The molecular weight excluding hydrogens is 547 g/mol. The van der Waals surface area contributed by atoms with E-state index >= 15 is 0 Å². The summed E-state index contributed by atoms with van der Waals surface area (Å²) in [4.78, 5) is 39.3. The molecule has 1 aliphatic rings. The average Bonchev–Trinajstić information content (AvgIpc) is 2.86. The Morgan fingerprint density at radius 1 is 1.16 bits per heavy atom. The Kier molecular flexibility index (Phi) is 7.89. The quantitative estimate of drug-likeness (QED) is 0.406. The van der Waals surface area contributed by atoms with Crippen molar-refractivity contribution in [3.05, 3.63) is 73.1 Å². The number of carboxylic acid groups (broad SMARTS) is 1. The number of aromatic nitrogens is 2. The number of rotatable bonds is 8. The monoisotopic (exact) mass is 576 g/mol. The van der Waals surface area contributed by atoms with Crippen molar-refractivity contribution >= 4 is 32.8 Å². The van der Waals surface area contributed by atoms with E-state index in [1.54, 1.807) is 18.2 Å². The zero-order valence-corrected chi connectivity index (χ0v) is 22.6. The Morgan fingerprint density at radius 2 is 1.86 bits per heavy atom. The molecule has 0 unspecified atom stereocenters. The van der Waals surface area contributed by atoms with Crippen LogP contribution < -0.4 is 16.0 Å². The van der Waals surface area contributed by atoms with Crippen LogP contribution in [0.25, 0.3) is 10.9 Å². The van der Waals surface area contributed by atoms with Gasteiger partial charge in [0.15, 0.2) is 0 Å². The van der Waals surface area contributed by atoms with E-state index in [1.807, 2.05) is 0 Å². The van der Waals surface area contributed by atoms with Gasteiger partial charge in [-0.3, -0.25) is 9.36 Å². The molecule has 0 aliphatic heterocycles. The molecule has 1 fully saturated rings. The van der Waals surface area contributed by atoms with Crippen LogP contribution in [-0.4, -0.2) is 33.4 Å². The van der Waals surface area contributed by atoms with E-state index in [9.17, 15) is 23.9 Å². The predicted molar refractivity (Wildman–Crippen MR) is 141 cm³/mol. The summed E-state index contributed by atoms with van der Waals surface area (Å²) in [5, 5.41) is 10.0. The molecule has 10 heteroatoms. The minimum Gasteiger partial charge on any atom is -0.496 e. The Labute approximate surface area is 221 Å². The number of benzene rings is 2. The standard InChI is InChI=1S/C27H30BrFN2O6/c1-27(2,25(33)34)31-24(32)19-13-16(28)9-11-21(19)30(26(31)35)15-23(37-18-7-5-4-6-8-18)20-14-17(29)10-12-22(20)36-3/h9-14,18,23H,4-8,15H2,1-3H3,(H,33,34)/t23-/m0/s1. The highest BCUT2D eigenvalue weighted by Crippen LogP contribution is 2.34. The second-order valence-corrected chi connectivity index (χ2v) is 10.7. The van der Waals surface area contributed by atoms with E-state index < -0.39 is 34.7 Å². The van der Waals surface area contributed by atoms with Gasteiger partial charge in [-0.1, -0.05) is 35.2 Å². The van der Waals surface area contributed by atoms with Gasteiger partial charge in [0, 0.05) is 10.0 Å². The molecule has 0 saturated heterocycles. The van der Waals surface area contributed by atoms with Gasteiger partial charge >= 0.3 is 11.7 Å². The third kappa shape index (κ3) is 5.36. The van der Waals surface area contributed by atoms with Gasteiger partial charge in [0.25, 0.3) is 5.56 Å². The molecule has 1 aromatic heterocycles. The lowest BCUT2D eigenvalue weighted by molar-refractivity contribution is -0.146. The second kappa shape index (κ2) is 10.8. The first-order chi connectivity index (χ1) is 17.5. The van der Waals surface area contributed by atoms with Crippen LogP contribution in [0, 0.1) is 5.82 Å². The first-order valence-corrected chi connectivity index (χ1v) is 13.0. The largest absolute Gasteiger partial charge is 0.496 e. The molecule has 0 amide bonds. The van der Waals surface area contributed by atoms with Crippen LogP contribution in [0.1, 0.15) is 57.6 Å². The van der Waals surface area contributed by atoms with Gasteiger partial charge in [0.05, 0.1) is 30.7 Å². The number of carboxylic acids is 1. The molecule has 1 N–H and O–H groups in total. The van der Waals surface area contributed by atoms with E-state index in [1.165, 1.54) is 43.7 Å². The second-order valence-electron chi connectivity index (χ2n) is 9.83. The van der Waals surface area contributed by atoms with E-state index in [4.69, 9.17) is 9.47 Å². The van der Waals surface area contributed by atoms with Crippen LogP contribution in [-0.2, 0) is 21.6 Å². The summed E-state index contributed by atoms with van der Waals surface area (Å²) in [6.45, 7) is 2.53. The summed E-state index contributed by atoms with van der Waals surface area (Å²) in [7, 11) is 1.48. The molecule has 1 aliphatic carbocycles. The number of fused-ring (bicyclic) bond motifs is 1. The predicted octanol–water partition coefficient (Wildman–Crippen LogP) is 4.98. The Hall–Kier alpha value is -2.98. The Balaban J connectivity index is 1.95. The molecule has 1 saturated carbocycles. The van der Waals surface area contributed by atoms with Crippen molar-refractivity contribution in [3.8, 4) is 5.75 Å². The van der Waals surface area contributed by atoms with Gasteiger partial charge in [0.1, 0.15) is 23.2 Å². The number of hydrogen-bond donors (Lipinski definition) is 1. The highest BCUT2D eigenvalue weighted by atomic mass is 79.9. The average molecular weight is 577 g/mol. The minimum absolute atomic E-state index is 0.0801. The molecule has 8 nitrogen and oxygen atoms in total. The lowest BCUT2D eigenvalue weighted by Crippen LogP contribution is -2.53. The molecular formula is C27H30BrFN2O6. The minimum atomic E-state index is -1.82. The zero-order valence-electron chi connectivity index (χ0n) is 21.0. The normalized spacial score (nSPS) is 15.6. The van der Waals surface area contributed by atoms with Crippen molar-refractivity contribution in [1.82, 2.24) is 9.13 Å². The fraction of sp³-hybridized carbons (Fsp3) is 0.444. The van der Waals surface area contributed by atoms with Gasteiger partial charge in [-0.05, 0) is 63.1 Å². The van der Waals surface area contributed by atoms with E-state index in [2.05, 4.69) is 15.9 Å². The molecule has 198 valence electrons. The number of ether oxygens (including phenoxy) is 2. The van der Waals surface area contributed by atoms with Crippen LogP contribution in [0.2, 0.25) is 0 Å². The molecule has 0 bridgehead atoms. The van der Waals surface area contributed by atoms with Crippen LogP contribution >= 0.6 is 15.9 Å². The van der Waals surface area contributed by atoms with Crippen LogP contribution in [0.3, 0.4) is 0 Å². The van der Waals surface area contributed by atoms with Gasteiger partial charge < -0.3 is 14.6 Å². The van der Waals surface area contributed by atoms with Crippen molar-refractivity contribution in [2.24, 2.45) is 0 Å². The fourth-order valence-corrected chi connectivity index (χ4v) is 5.24. The lowest BCUT2D eigenvalue weighted by Gasteiger charge is -2.30. The van der Waals surface area contributed by atoms with Crippen molar-refractivity contribution in [2.45, 2.75) is 70.2 Å². The molecule has 1 atom stereocenters. The summed E-state index contributed by atoms with van der Waals surface area (Å²) in [6.07, 6.45) is 3.91. The maximum atomic E-state index is 14.4. The molecule has 1 heterocycles. The number of halogens is 2. The van der Waals surface area contributed by atoms with Crippen molar-refractivity contribution in [1.29, 1.82) is 0 Å². The van der Waals surface area contributed by atoms with Crippen molar-refractivity contribution < 1.29 is 23.8 Å². The molecule has 0 spiro atoms. The van der Waals surface area contributed by atoms with Crippen molar-refractivity contribution in [3.63, 3.8) is 0 Å². The number of hydrogen-bond acceptors (Lipinski definition) is 5. The maximum absolute atomic E-state index is 14.4. The van der Waals surface area contributed by atoms with Crippen molar-refractivity contribution in [2.75, 3.05) is 7.11 Å². The molecule has 4 rings (SSSR count). The number of methoxy groups -OCH3 is 1. The summed E-state index contributed by atoms with van der Waals surface area (Å²) < 4.78 is 29.1. The maximum Gasteiger partial charge on any atom is 0.332 e. The number of nitrogens with zero attached hydrogens (tertiary/aromatic N) is 2. The van der Waals surface area contributed by atoms with E-state index in [0.29, 0.717) is 21.3 Å². The fourth-order valence-electron chi connectivity index (χ4n) is 4.88. The number of carbonyl (C=O) groups is 1. The zero-order chi connectivity index (χ0) is 26.9. The van der Waals surface area contributed by atoms with Gasteiger partial charge in [-0.25, -0.2) is 18.5 Å². The van der Waals surface area contributed by atoms with Gasteiger partial charge in [-0.2, -0.15) is 0 Å². The van der Waals surface area contributed by atoms with Gasteiger partial charge in [0.2, 0.25) is 0 Å². The third-order valence-electron chi connectivity index (χ3n) is 6.98. The summed E-state index contributed by atoms with van der Waals surface area (Å²) in [5.74, 6) is -1.40. The summed E-state index contributed by atoms with van der Waals surface area (Å²) >= 11 is 3.36. The summed E-state index contributed by atoms with van der Waals surface area (Å²) in [6, 6.07) is 9.00. The SMILES string of the molecule is COc1ccc(F)cc1[C@H](Cn1c(=O)n(C(C)(C)C(=O)O)c(=O)c2cc(Br)ccc21)OC1CCCCC1. The Bertz CT molecular complexity index is 1440. The highest BCUT2D eigenvalue weighted by molar-refractivity contribution is 9.10. The molecule has 37 heavy (non-hydrogen) atoms. The highest BCUT2D eigenvalue weighted by Gasteiger charge is 2.35. The van der Waals surface area contributed by atoms with Crippen LogP contribution in [0.15, 0.2) is 50.5 Å². The van der Waals surface area contributed by atoms with Gasteiger partial charge in [-0.15, -0.1) is 0 Å². The van der Waals surface area contributed by atoms with E-state index in [-0.39, 0.29) is 18.0 Å². The van der Waals surface area contributed by atoms with Crippen LogP contribution in [0.4, 0.5) is 4.39 Å². The Morgan fingerprint density at radius 3 is 2.51 bits per heavy atom.